The Morgan fingerprint density at radius 1 is 1.43 bits per heavy atom. The number of rotatable bonds is 5. The Labute approximate surface area is 84.5 Å². The van der Waals surface area contributed by atoms with Crippen LogP contribution in [0.15, 0.2) is 23.4 Å². The molecule has 0 fully saturated rings. The molecule has 3 nitrogen and oxygen atoms in total. The molecule has 0 aliphatic carbocycles. The van der Waals surface area contributed by atoms with Gasteiger partial charge in [-0.25, -0.2) is 0 Å². The van der Waals surface area contributed by atoms with Gasteiger partial charge in [-0.1, -0.05) is 31.0 Å². The molecule has 0 unspecified atom stereocenters. The molecule has 0 saturated heterocycles. The summed E-state index contributed by atoms with van der Waals surface area (Å²) in [5, 5.41) is 11.3. The van der Waals surface area contributed by atoms with Gasteiger partial charge in [-0.3, -0.25) is 4.98 Å². The van der Waals surface area contributed by atoms with Crippen molar-refractivity contribution in [1.82, 2.24) is 4.98 Å². The van der Waals surface area contributed by atoms with Crippen LogP contribution in [0.25, 0.3) is 0 Å². The molecule has 0 radical (unpaired) electrons. The molecule has 0 amide bonds. The second kappa shape index (κ2) is 6.13. The second-order valence-corrected chi connectivity index (χ2v) is 3.26. The maximum Gasteiger partial charge on any atom is 0.0918 e. The summed E-state index contributed by atoms with van der Waals surface area (Å²) >= 11 is 0. The molecule has 0 aliphatic heterocycles. The SMILES string of the molecule is CCCCCc1cccc(/C=N\O)n1. The zero-order valence-electron chi connectivity index (χ0n) is 8.48. The summed E-state index contributed by atoms with van der Waals surface area (Å²) in [7, 11) is 0. The minimum atomic E-state index is 0.710. The first-order valence-electron chi connectivity index (χ1n) is 5.00. The number of oxime groups is 1. The lowest BCUT2D eigenvalue weighted by atomic mass is 10.1. The standard InChI is InChI=1S/C11H16N2O/c1-2-3-4-6-10-7-5-8-11(13-10)9-12-14/h5,7-9,14H,2-4,6H2,1H3/b12-9-. The van der Waals surface area contributed by atoms with Crippen molar-refractivity contribution in [3.63, 3.8) is 0 Å². The normalized spacial score (nSPS) is 10.9. The van der Waals surface area contributed by atoms with Gasteiger partial charge in [-0.15, -0.1) is 0 Å². The van der Waals surface area contributed by atoms with Gasteiger partial charge in [0.2, 0.25) is 0 Å². The third-order valence-electron chi connectivity index (χ3n) is 2.05. The highest BCUT2D eigenvalue weighted by atomic mass is 16.4. The van der Waals surface area contributed by atoms with Crippen LogP contribution in [0.2, 0.25) is 0 Å². The predicted molar refractivity (Wildman–Crippen MR) is 56.8 cm³/mol. The van der Waals surface area contributed by atoms with Gasteiger partial charge < -0.3 is 5.21 Å². The van der Waals surface area contributed by atoms with Gasteiger partial charge in [-0.2, -0.15) is 0 Å². The van der Waals surface area contributed by atoms with Crippen LogP contribution in [0.5, 0.6) is 0 Å². The molecule has 0 spiro atoms. The molecule has 1 rings (SSSR count). The number of aromatic nitrogens is 1. The summed E-state index contributed by atoms with van der Waals surface area (Å²) in [4.78, 5) is 4.32. The fourth-order valence-electron chi connectivity index (χ4n) is 1.32. The highest BCUT2D eigenvalue weighted by Gasteiger charge is 1.95. The van der Waals surface area contributed by atoms with Crippen LogP contribution in [0.4, 0.5) is 0 Å². The molecule has 0 bridgehead atoms. The van der Waals surface area contributed by atoms with E-state index in [0.29, 0.717) is 5.69 Å². The number of hydrogen-bond donors (Lipinski definition) is 1. The van der Waals surface area contributed by atoms with Crippen molar-refractivity contribution in [1.29, 1.82) is 0 Å². The molecule has 76 valence electrons. The summed E-state index contributed by atoms with van der Waals surface area (Å²) in [5.41, 5.74) is 1.78. The summed E-state index contributed by atoms with van der Waals surface area (Å²) < 4.78 is 0. The number of aryl methyl sites for hydroxylation is 1. The number of pyridine rings is 1. The van der Waals surface area contributed by atoms with Crippen LogP contribution in [0.1, 0.15) is 37.6 Å². The summed E-state index contributed by atoms with van der Waals surface area (Å²) in [6.07, 6.45) is 5.98. The van der Waals surface area contributed by atoms with Crippen LogP contribution in [-0.2, 0) is 6.42 Å². The molecule has 0 aromatic carbocycles. The molecule has 1 aromatic rings. The number of hydrogen-bond acceptors (Lipinski definition) is 3. The Morgan fingerprint density at radius 2 is 2.29 bits per heavy atom. The van der Waals surface area contributed by atoms with Gasteiger partial charge in [0.15, 0.2) is 0 Å². The zero-order valence-corrected chi connectivity index (χ0v) is 8.48. The van der Waals surface area contributed by atoms with Gasteiger partial charge in [0.1, 0.15) is 0 Å². The highest BCUT2D eigenvalue weighted by Crippen LogP contribution is 2.04. The predicted octanol–water partition coefficient (Wildman–Crippen LogP) is 2.62. The van der Waals surface area contributed by atoms with E-state index in [0.717, 1.165) is 12.1 Å². The van der Waals surface area contributed by atoms with Gasteiger partial charge >= 0.3 is 0 Å². The number of nitrogens with zero attached hydrogens (tertiary/aromatic N) is 2. The van der Waals surface area contributed by atoms with Crippen molar-refractivity contribution in [2.24, 2.45) is 5.16 Å². The lowest BCUT2D eigenvalue weighted by Gasteiger charge is -2.00. The Hall–Kier alpha value is -1.38. The van der Waals surface area contributed by atoms with Crippen molar-refractivity contribution in [3.05, 3.63) is 29.6 Å². The average Bonchev–Trinajstić information content (AvgIpc) is 2.19. The molecule has 14 heavy (non-hydrogen) atoms. The molecular formula is C11H16N2O. The molecule has 0 aliphatic rings. The van der Waals surface area contributed by atoms with Gasteiger partial charge in [-0.05, 0) is 25.0 Å². The van der Waals surface area contributed by atoms with Crippen LogP contribution in [0.3, 0.4) is 0 Å². The Balaban J connectivity index is 2.54. The van der Waals surface area contributed by atoms with E-state index in [4.69, 9.17) is 5.21 Å². The second-order valence-electron chi connectivity index (χ2n) is 3.26. The third kappa shape index (κ3) is 3.56. The maximum absolute atomic E-state index is 8.35. The van der Waals surface area contributed by atoms with Crippen molar-refractivity contribution in [2.75, 3.05) is 0 Å². The van der Waals surface area contributed by atoms with Crippen LogP contribution < -0.4 is 0 Å². The fraction of sp³-hybridized carbons (Fsp3) is 0.455. The van der Waals surface area contributed by atoms with E-state index in [2.05, 4.69) is 17.1 Å². The number of unbranched alkanes of at least 4 members (excludes halogenated alkanes) is 2. The molecule has 1 aromatic heterocycles. The lowest BCUT2D eigenvalue weighted by molar-refractivity contribution is 0.321. The van der Waals surface area contributed by atoms with Crippen LogP contribution in [0, 0.1) is 0 Å². The molecule has 0 saturated carbocycles. The van der Waals surface area contributed by atoms with Crippen molar-refractivity contribution in [2.45, 2.75) is 32.6 Å². The van der Waals surface area contributed by atoms with E-state index >= 15 is 0 Å². The topological polar surface area (TPSA) is 45.5 Å². The summed E-state index contributed by atoms with van der Waals surface area (Å²) in [6, 6.07) is 5.76. The molecule has 3 heteroatoms. The highest BCUT2D eigenvalue weighted by molar-refractivity contribution is 5.76. The average molecular weight is 192 g/mol. The van der Waals surface area contributed by atoms with Crippen molar-refractivity contribution < 1.29 is 5.21 Å². The first kappa shape index (κ1) is 10.7. The lowest BCUT2D eigenvalue weighted by Crippen LogP contribution is -1.94. The largest absolute Gasteiger partial charge is 0.411 e. The van der Waals surface area contributed by atoms with Crippen LogP contribution >= 0.6 is 0 Å². The van der Waals surface area contributed by atoms with Crippen molar-refractivity contribution >= 4 is 6.21 Å². The van der Waals surface area contributed by atoms with E-state index in [1.165, 1.54) is 25.5 Å². The first-order valence-corrected chi connectivity index (χ1v) is 5.00. The van der Waals surface area contributed by atoms with E-state index in [-0.39, 0.29) is 0 Å². The third-order valence-corrected chi connectivity index (χ3v) is 2.05. The Kier molecular flexibility index (Phi) is 4.69. The minimum absolute atomic E-state index is 0.710. The van der Waals surface area contributed by atoms with Crippen molar-refractivity contribution in [3.8, 4) is 0 Å². The molecular weight excluding hydrogens is 176 g/mol. The van der Waals surface area contributed by atoms with E-state index in [1.54, 1.807) is 0 Å². The molecule has 1 N–H and O–H groups in total. The fourth-order valence-corrected chi connectivity index (χ4v) is 1.32. The van der Waals surface area contributed by atoms with E-state index < -0.39 is 0 Å². The smallest absolute Gasteiger partial charge is 0.0918 e. The van der Waals surface area contributed by atoms with E-state index in [1.807, 2.05) is 18.2 Å². The van der Waals surface area contributed by atoms with Gasteiger partial charge in [0, 0.05) is 5.69 Å². The monoisotopic (exact) mass is 192 g/mol. The zero-order chi connectivity index (χ0) is 10.2. The summed E-state index contributed by atoms with van der Waals surface area (Å²) in [5.74, 6) is 0. The molecule has 1 heterocycles. The Morgan fingerprint density at radius 3 is 3.00 bits per heavy atom. The van der Waals surface area contributed by atoms with E-state index in [9.17, 15) is 0 Å². The maximum atomic E-state index is 8.35. The van der Waals surface area contributed by atoms with Crippen LogP contribution in [-0.4, -0.2) is 16.4 Å². The first-order chi connectivity index (χ1) is 6.86. The minimum Gasteiger partial charge on any atom is -0.411 e. The Bertz CT molecular complexity index is 297. The van der Waals surface area contributed by atoms with Gasteiger partial charge in [0.25, 0.3) is 0 Å². The summed E-state index contributed by atoms with van der Waals surface area (Å²) in [6.45, 7) is 2.18. The molecule has 0 atom stereocenters. The quantitative estimate of drug-likeness (QED) is 0.337. The van der Waals surface area contributed by atoms with Gasteiger partial charge in [0.05, 0.1) is 11.9 Å².